The van der Waals surface area contributed by atoms with Gasteiger partial charge in [-0.3, -0.25) is 0 Å². The first kappa shape index (κ1) is 16.1. The first-order valence-corrected chi connectivity index (χ1v) is 4.56. The zero-order valence-electron chi connectivity index (χ0n) is 8.62. The molecule has 0 spiro atoms. The van der Waals surface area contributed by atoms with E-state index in [4.69, 9.17) is 5.73 Å². The maximum atomic E-state index is 12.7. The zero-order valence-corrected chi connectivity index (χ0v) is 9.43. The summed E-state index contributed by atoms with van der Waals surface area (Å²) in [4.78, 5) is 0. The molecule has 0 aliphatic heterocycles. The molecule has 0 aliphatic rings. The molecule has 98 valence electrons. The Labute approximate surface area is 102 Å². The van der Waals surface area contributed by atoms with E-state index in [1.165, 1.54) is 12.1 Å². The van der Waals surface area contributed by atoms with Crippen LogP contribution < -0.4 is 5.73 Å². The Bertz CT molecular complexity index is 358. The van der Waals surface area contributed by atoms with E-state index in [0.717, 1.165) is 12.1 Å². The van der Waals surface area contributed by atoms with Gasteiger partial charge in [0.1, 0.15) is 11.9 Å². The van der Waals surface area contributed by atoms with E-state index in [0.29, 0.717) is 0 Å². The molecule has 0 unspecified atom stereocenters. The van der Waals surface area contributed by atoms with E-state index >= 15 is 0 Å². The molecule has 0 bridgehead atoms. The second kappa shape index (κ2) is 6.18. The van der Waals surface area contributed by atoms with Crippen LogP contribution >= 0.6 is 12.4 Å². The van der Waals surface area contributed by atoms with Crippen molar-refractivity contribution in [2.45, 2.75) is 24.7 Å². The highest BCUT2D eigenvalue weighted by Crippen LogP contribution is 2.26. The largest absolute Gasteiger partial charge is 0.403 e. The number of rotatable bonds is 3. The minimum atomic E-state index is -4.56. The number of benzene rings is 1. The lowest BCUT2D eigenvalue weighted by atomic mass is 10.0. The number of nitrogens with two attached hydrogens (primary N) is 1. The number of halogens is 5. The van der Waals surface area contributed by atoms with Gasteiger partial charge in [0.2, 0.25) is 0 Å². The molecule has 0 heterocycles. The quantitative estimate of drug-likeness (QED) is 0.832. The molecule has 0 aliphatic carbocycles. The van der Waals surface area contributed by atoms with E-state index in [-0.39, 0.29) is 18.0 Å². The van der Waals surface area contributed by atoms with Gasteiger partial charge in [-0.1, -0.05) is 12.1 Å². The van der Waals surface area contributed by atoms with Gasteiger partial charge in [-0.25, -0.2) is 4.39 Å². The summed E-state index contributed by atoms with van der Waals surface area (Å²) in [5.74, 6) is -0.614. The molecule has 2 atom stereocenters. The maximum absolute atomic E-state index is 12.7. The molecule has 1 aromatic carbocycles. The maximum Gasteiger partial charge on any atom is 0.403 e. The number of aliphatic hydroxyl groups is 1. The molecule has 0 saturated heterocycles. The summed E-state index contributed by atoms with van der Waals surface area (Å²) >= 11 is 0. The topological polar surface area (TPSA) is 46.2 Å². The summed E-state index contributed by atoms with van der Waals surface area (Å²) in [6.45, 7) is 0. The Morgan fingerprint density at radius 3 is 2.35 bits per heavy atom. The average molecular weight is 274 g/mol. The fourth-order valence-corrected chi connectivity index (χ4v) is 1.22. The van der Waals surface area contributed by atoms with E-state index in [1.807, 2.05) is 0 Å². The Morgan fingerprint density at radius 2 is 1.88 bits per heavy atom. The lowest BCUT2D eigenvalue weighted by Crippen LogP contribution is -2.38. The van der Waals surface area contributed by atoms with E-state index in [9.17, 15) is 22.7 Å². The molecule has 0 saturated carbocycles. The first-order valence-electron chi connectivity index (χ1n) is 4.56. The summed E-state index contributed by atoms with van der Waals surface area (Å²) in [6, 6.07) is 2.66. The van der Waals surface area contributed by atoms with Crippen molar-refractivity contribution >= 4 is 12.4 Å². The molecule has 3 N–H and O–H groups in total. The summed E-state index contributed by atoms with van der Waals surface area (Å²) < 4.78 is 49.0. The molecule has 1 aromatic rings. The van der Waals surface area contributed by atoms with Crippen LogP contribution in [0.1, 0.15) is 18.1 Å². The van der Waals surface area contributed by atoms with Crippen molar-refractivity contribution in [3.05, 3.63) is 35.6 Å². The Balaban J connectivity index is 0.00000256. The third-order valence-corrected chi connectivity index (χ3v) is 2.13. The van der Waals surface area contributed by atoms with Crippen LogP contribution in [0.4, 0.5) is 17.6 Å². The number of alkyl halides is 3. The van der Waals surface area contributed by atoms with Gasteiger partial charge in [-0.2, -0.15) is 13.2 Å². The fourth-order valence-electron chi connectivity index (χ4n) is 1.22. The van der Waals surface area contributed by atoms with Crippen molar-refractivity contribution in [1.29, 1.82) is 0 Å². The molecule has 0 aromatic heterocycles. The normalized spacial score (nSPS) is 14.9. The predicted octanol–water partition coefficient (Wildman–Crippen LogP) is 2.56. The Kier molecular flexibility index (Phi) is 5.87. The zero-order chi connectivity index (χ0) is 12.3. The number of hydrogen-bond donors (Lipinski definition) is 2. The lowest BCUT2D eigenvalue weighted by Gasteiger charge is -2.19. The van der Waals surface area contributed by atoms with Crippen LogP contribution in [0.25, 0.3) is 0 Å². The lowest BCUT2D eigenvalue weighted by molar-refractivity contribution is -0.153. The first-order chi connectivity index (χ1) is 7.30. The number of aliphatic hydroxyl groups excluding tert-OH is 1. The van der Waals surface area contributed by atoms with Gasteiger partial charge in [0.25, 0.3) is 0 Å². The SMILES string of the molecule is Cl.N[C@@H](C[C@@H](O)c1cccc(F)c1)C(F)(F)F. The highest BCUT2D eigenvalue weighted by molar-refractivity contribution is 5.85. The van der Waals surface area contributed by atoms with E-state index in [2.05, 4.69) is 0 Å². The second-order valence-electron chi connectivity index (χ2n) is 3.45. The van der Waals surface area contributed by atoms with Crippen LogP contribution in [0.5, 0.6) is 0 Å². The summed E-state index contributed by atoms with van der Waals surface area (Å²) in [6.07, 6.45) is -6.67. The van der Waals surface area contributed by atoms with Crippen molar-refractivity contribution < 1.29 is 22.7 Å². The average Bonchev–Trinajstić information content (AvgIpc) is 2.16. The van der Waals surface area contributed by atoms with Gasteiger partial charge >= 0.3 is 6.18 Å². The van der Waals surface area contributed by atoms with Crippen molar-refractivity contribution in [3.63, 3.8) is 0 Å². The minimum absolute atomic E-state index is 0. The molecule has 0 radical (unpaired) electrons. The molecule has 7 heteroatoms. The molecule has 17 heavy (non-hydrogen) atoms. The minimum Gasteiger partial charge on any atom is -0.388 e. The predicted molar refractivity (Wildman–Crippen MR) is 57.3 cm³/mol. The monoisotopic (exact) mass is 273 g/mol. The Hall–Kier alpha value is -0.850. The van der Waals surface area contributed by atoms with Gasteiger partial charge in [-0.15, -0.1) is 12.4 Å². The summed E-state index contributed by atoms with van der Waals surface area (Å²) in [5.41, 5.74) is 4.93. The molecule has 0 amide bonds. The highest BCUT2D eigenvalue weighted by Gasteiger charge is 2.37. The van der Waals surface area contributed by atoms with Gasteiger partial charge in [0.15, 0.2) is 0 Å². The third kappa shape index (κ3) is 4.89. The van der Waals surface area contributed by atoms with Crippen LogP contribution in [0, 0.1) is 5.82 Å². The molecule has 1 rings (SSSR count). The van der Waals surface area contributed by atoms with Crippen LogP contribution in [0.15, 0.2) is 24.3 Å². The molecule has 0 fully saturated rings. The van der Waals surface area contributed by atoms with Crippen molar-refractivity contribution in [2.24, 2.45) is 5.73 Å². The van der Waals surface area contributed by atoms with Gasteiger partial charge in [-0.05, 0) is 17.7 Å². The number of hydrogen-bond acceptors (Lipinski definition) is 2. The second-order valence-corrected chi connectivity index (χ2v) is 3.45. The van der Waals surface area contributed by atoms with Crippen molar-refractivity contribution in [2.75, 3.05) is 0 Å². The smallest absolute Gasteiger partial charge is 0.388 e. The standard InChI is InChI=1S/C10H11F4NO.ClH/c11-7-3-1-2-6(4-7)8(16)5-9(15)10(12,13)14;/h1-4,8-9,16H,5,15H2;1H/t8-,9+;/m1./s1. The van der Waals surface area contributed by atoms with Gasteiger partial charge in [0, 0.05) is 6.42 Å². The van der Waals surface area contributed by atoms with Crippen molar-refractivity contribution in [1.82, 2.24) is 0 Å². The van der Waals surface area contributed by atoms with Gasteiger partial charge < -0.3 is 10.8 Å². The Morgan fingerprint density at radius 1 is 1.29 bits per heavy atom. The molecular weight excluding hydrogens is 262 g/mol. The van der Waals surface area contributed by atoms with Crippen LogP contribution in [-0.2, 0) is 0 Å². The van der Waals surface area contributed by atoms with Crippen LogP contribution in [0.2, 0.25) is 0 Å². The molecule has 2 nitrogen and oxygen atoms in total. The molecular formula is C10H12ClF4NO. The van der Waals surface area contributed by atoms with Crippen LogP contribution in [-0.4, -0.2) is 17.3 Å². The van der Waals surface area contributed by atoms with E-state index in [1.54, 1.807) is 0 Å². The third-order valence-electron chi connectivity index (χ3n) is 2.13. The van der Waals surface area contributed by atoms with Crippen LogP contribution in [0.3, 0.4) is 0 Å². The summed E-state index contributed by atoms with van der Waals surface area (Å²) in [5, 5.41) is 9.43. The fraction of sp³-hybridized carbons (Fsp3) is 0.400. The van der Waals surface area contributed by atoms with E-state index < -0.39 is 30.6 Å². The van der Waals surface area contributed by atoms with Gasteiger partial charge in [0.05, 0.1) is 6.10 Å². The highest BCUT2D eigenvalue weighted by atomic mass is 35.5. The van der Waals surface area contributed by atoms with Crippen molar-refractivity contribution in [3.8, 4) is 0 Å². The summed E-state index contributed by atoms with van der Waals surface area (Å²) in [7, 11) is 0.